The zero-order chi connectivity index (χ0) is 13.1. The molecule has 0 saturated heterocycles. The standard InChI is InChI=1S/C13H11BrN2O2/c14-9-5-4-6-10-11(9)12(17)13(18)16(10)8-3-1-2-7-15/h4-6H,1-3,8H2. The van der Waals surface area contributed by atoms with Gasteiger partial charge in [-0.2, -0.15) is 5.26 Å². The summed E-state index contributed by atoms with van der Waals surface area (Å²) in [5, 5.41) is 8.46. The van der Waals surface area contributed by atoms with Gasteiger partial charge in [0.2, 0.25) is 0 Å². The molecule has 0 fully saturated rings. The fraction of sp³-hybridized carbons (Fsp3) is 0.308. The number of Topliss-reactive ketones (excluding diaryl/α,β-unsaturated/α-hetero) is 1. The fourth-order valence-corrected chi connectivity index (χ4v) is 2.53. The molecule has 4 nitrogen and oxygen atoms in total. The number of carbonyl (C=O) groups is 2. The molecule has 1 aromatic rings. The van der Waals surface area contributed by atoms with Gasteiger partial charge in [0.25, 0.3) is 11.7 Å². The van der Waals surface area contributed by atoms with Crippen molar-refractivity contribution >= 4 is 33.3 Å². The summed E-state index contributed by atoms with van der Waals surface area (Å²) in [6.45, 7) is 0.482. The van der Waals surface area contributed by atoms with Crippen LogP contribution in [0.1, 0.15) is 29.6 Å². The van der Waals surface area contributed by atoms with Crippen molar-refractivity contribution in [1.29, 1.82) is 5.26 Å². The molecule has 1 aliphatic heterocycles. The normalized spacial score (nSPS) is 13.7. The summed E-state index contributed by atoms with van der Waals surface area (Å²) in [6.07, 6.45) is 1.93. The first-order chi connectivity index (χ1) is 8.66. The highest BCUT2D eigenvalue weighted by atomic mass is 79.9. The number of halogens is 1. The van der Waals surface area contributed by atoms with Crippen LogP contribution in [0.3, 0.4) is 0 Å². The molecule has 2 rings (SSSR count). The zero-order valence-corrected chi connectivity index (χ0v) is 11.2. The molecule has 0 aliphatic carbocycles. The molecule has 1 amide bonds. The third kappa shape index (κ3) is 2.16. The highest BCUT2D eigenvalue weighted by molar-refractivity contribution is 9.10. The van der Waals surface area contributed by atoms with E-state index in [0.29, 0.717) is 28.7 Å². The summed E-state index contributed by atoms with van der Waals surface area (Å²) in [4.78, 5) is 25.2. The van der Waals surface area contributed by atoms with Gasteiger partial charge in [0, 0.05) is 17.4 Å². The number of nitriles is 1. The number of unbranched alkanes of at least 4 members (excludes halogenated alkanes) is 2. The van der Waals surface area contributed by atoms with Crippen molar-refractivity contribution in [3.63, 3.8) is 0 Å². The van der Waals surface area contributed by atoms with Crippen molar-refractivity contribution in [1.82, 2.24) is 0 Å². The van der Waals surface area contributed by atoms with E-state index in [1.54, 1.807) is 18.2 Å². The fourth-order valence-electron chi connectivity index (χ4n) is 2.00. The van der Waals surface area contributed by atoms with Crippen LogP contribution in [0.2, 0.25) is 0 Å². The van der Waals surface area contributed by atoms with Crippen molar-refractivity contribution in [2.45, 2.75) is 19.3 Å². The highest BCUT2D eigenvalue weighted by Gasteiger charge is 2.36. The van der Waals surface area contributed by atoms with Crippen LogP contribution < -0.4 is 4.90 Å². The Balaban J connectivity index is 2.19. The van der Waals surface area contributed by atoms with E-state index < -0.39 is 11.7 Å². The van der Waals surface area contributed by atoms with E-state index in [2.05, 4.69) is 22.0 Å². The zero-order valence-electron chi connectivity index (χ0n) is 9.65. The Morgan fingerprint density at radius 3 is 2.78 bits per heavy atom. The number of anilines is 1. The monoisotopic (exact) mass is 306 g/mol. The number of hydrogen-bond acceptors (Lipinski definition) is 3. The Hall–Kier alpha value is -1.67. The molecule has 5 heteroatoms. The lowest BCUT2D eigenvalue weighted by Gasteiger charge is -2.15. The first kappa shape index (κ1) is 12.8. The number of fused-ring (bicyclic) bond motifs is 1. The molecule has 92 valence electrons. The lowest BCUT2D eigenvalue weighted by atomic mass is 10.1. The average Bonchev–Trinajstić information content (AvgIpc) is 2.60. The van der Waals surface area contributed by atoms with Gasteiger partial charge in [-0.3, -0.25) is 9.59 Å². The molecule has 1 aliphatic rings. The van der Waals surface area contributed by atoms with Gasteiger partial charge in [0.15, 0.2) is 0 Å². The number of amides is 1. The molecule has 18 heavy (non-hydrogen) atoms. The van der Waals surface area contributed by atoms with E-state index in [-0.39, 0.29) is 0 Å². The Kier molecular flexibility index (Phi) is 3.78. The Morgan fingerprint density at radius 2 is 2.06 bits per heavy atom. The first-order valence-corrected chi connectivity index (χ1v) is 6.47. The predicted octanol–water partition coefficient (Wildman–Crippen LogP) is 2.67. The van der Waals surface area contributed by atoms with Gasteiger partial charge in [-0.25, -0.2) is 0 Å². The van der Waals surface area contributed by atoms with Crippen LogP contribution in [0, 0.1) is 11.3 Å². The Morgan fingerprint density at radius 1 is 1.28 bits per heavy atom. The van der Waals surface area contributed by atoms with Gasteiger partial charge < -0.3 is 4.90 Å². The number of benzene rings is 1. The maximum Gasteiger partial charge on any atom is 0.299 e. The molecule has 0 spiro atoms. The van der Waals surface area contributed by atoms with Crippen molar-refractivity contribution in [2.24, 2.45) is 0 Å². The number of nitrogens with zero attached hydrogens (tertiary/aromatic N) is 2. The Bertz CT molecular complexity index is 548. The van der Waals surface area contributed by atoms with Gasteiger partial charge in [0.05, 0.1) is 17.3 Å². The quantitative estimate of drug-likeness (QED) is 0.634. The highest BCUT2D eigenvalue weighted by Crippen LogP contribution is 2.34. The van der Waals surface area contributed by atoms with E-state index in [9.17, 15) is 9.59 Å². The molecule has 0 bridgehead atoms. The van der Waals surface area contributed by atoms with Gasteiger partial charge in [-0.1, -0.05) is 6.07 Å². The largest absolute Gasteiger partial charge is 0.305 e. The molecular formula is C13H11BrN2O2. The van der Waals surface area contributed by atoms with E-state index in [1.807, 2.05) is 0 Å². The SMILES string of the molecule is N#CCCCCN1C(=O)C(=O)c2c(Br)cccc21. The second-order valence-electron chi connectivity index (χ2n) is 4.04. The summed E-state index contributed by atoms with van der Waals surface area (Å²) in [7, 11) is 0. The number of hydrogen-bond donors (Lipinski definition) is 0. The maximum atomic E-state index is 11.9. The molecule has 0 saturated carbocycles. The van der Waals surface area contributed by atoms with Crippen molar-refractivity contribution in [3.8, 4) is 6.07 Å². The van der Waals surface area contributed by atoms with E-state index in [0.717, 1.165) is 12.8 Å². The Labute approximate surface area is 113 Å². The van der Waals surface area contributed by atoms with Gasteiger partial charge in [-0.15, -0.1) is 0 Å². The van der Waals surface area contributed by atoms with Crippen molar-refractivity contribution in [2.75, 3.05) is 11.4 Å². The van der Waals surface area contributed by atoms with Crippen LogP contribution in [0.5, 0.6) is 0 Å². The number of carbonyl (C=O) groups excluding carboxylic acids is 2. The smallest absolute Gasteiger partial charge is 0.299 e. The van der Waals surface area contributed by atoms with E-state index in [1.165, 1.54) is 4.90 Å². The maximum absolute atomic E-state index is 11.9. The van der Waals surface area contributed by atoms with Crippen LogP contribution in [-0.2, 0) is 4.79 Å². The van der Waals surface area contributed by atoms with Crippen LogP contribution in [0.4, 0.5) is 5.69 Å². The number of rotatable bonds is 4. The molecule has 0 N–H and O–H groups in total. The summed E-state index contributed by atoms with van der Waals surface area (Å²) < 4.78 is 0.651. The van der Waals surface area contributed by atoms with Crippen molar-refractivity contribution in [3.05, 3.63) is 28.2 Å². The second kappa shape index (κ2) is 5.32. The van der Waals surface area contributed by atoms with E-state index >= 15 is 0 Å². The lowest BCUT2D eigenvalue weighted by Crippen LogP contribution is -2.30. The third-order valence-corrected chi connectivity index (χ3v) is 3.53. The molecule has 0 aromatic heterocycles. The lowest BCUT2D eigenvalue weighted by molar-refractivity contribution is -0.114. The third-order valence-electron chi connectivity index (χ3n) is 2.87. The van der Waals surface area contributed by atoms with Crippen molar-refractivity contribution < 1.29 is 9.59 Å². The second-order valence-corrected chi connectivity index (χ2v) is 4.89. The van der Waals surface area contributed by atoms with Gasteiger partial charge in [-0.05, 0) is 40.9 Å². The predicted molar refractivity (Wildman–Crippen MR) is 70.3 cm³/mol. The minimum atomic E-state index is -0.478. The summed E-state index contributed by atoms with van der Waals surface area (Å²) in [5.74, 6) is -0.938. The summed E-state index contributed by atoms with van der Waals surface area (Å²) >= 11 is 3.29. The summed E-state index contributed by atoms with van der Waals surface area (Å²) in [6, 6.07) is 7.39. The minimum Gasteiger partial charge on any atom is -0.305 e. The van der Waals surface area contributed by atoms with Crippen LogP contribution in [0.25, 0.3) is 0 Å². The van der Waals surface area contributed by atoms with Crippen LogP contribution in [0.15, 0.2) is 22.7 Å². The first-order valence-electron chi connectivity index (χ1n) is 5.68. The molecule has 1 heterocycles. The molecule has 0 atom stereocenters. The molecular weight excluding hydrogens is 296 g/mol. The van der Waals surface area contributed by atoms with E-state index in [4.69, 9.17) is 5.26 Å². The van der Waals surface area contributed by atoms with Crippen LogP contribution in [-0.4, -0.2) is 18.2 Å². The average molecular weight is 307 g/mol. The minimum absolute atomic E-state index is 0.447. The van der Waals surface area contributed by atoms with Gasteiger partial charge in [0.1, 0.15) is 0 Å². The molecule has 1 aromatic carbocycles. The molecule has 0 unspecified atom stereocenters. The van der Waals surface area contributed by atoms with Gasteiger partial charge >= 0.3 is 0 Å². The summed E-state index contributed by atoms with van der Waals surface area (Å²) in [5.41, 5.74) is 1.11. The van der Waals surface area contributed by atoms with Crippen LogP contribution >= 0.6 is 15.9 Å². The topological polar surface area (TPSA) is 61.2 Å². The number of ketones is 1. The molecule has 0 radical (unpaired) electrons.